The Morgan fingerprint density at radius 1 is 1.00 bits per heavy atom. The Labute approximate surface area is 152 Å². The van der Waals surface area contributed by atoms with E-state index in [4.69, 9.17) is 0 Å². The van der Waals surface area contributed by atoms with Crippen LogP contribution in [0.2, 0.25) is 0 Å². The fraction of sp³-hybridized carbons (Fsp3) is 0.455. The molecule has 26 heavy (non-hydrogen) atoms. The SMILES string of the molecule is O=C1Nc2ccc(NC(=O)C34CC5CC(CC(C5)C3)C4)c3cccc1c23. The predicted molar refractivity (Wildman–Crippen MR) is 101 cm³/mol. The van der Waals surface area contributed by atoms with E-state index in [9.17, 15) is 9.59 Å². The lowest BCUT2D eigenvalue weighted by atomic mass is 9.49. The second-order valence-corrected chi connectivity index (χ2v) is 8.99. The van der Waals surface area contributed by atoms with Crippen LogP contribution in [0.3, 0.4) is 0 Å². The van der Waals surface area contributed by atoms with Crippen molar-refractivity contribution in [2.24, 2.45) is 23.2 Å². The summed E-state index contributed by atoms with van der Waals surface area (Å²) in [6.07, 6.45) is 7.19. The van der Waals surface area contributed by atoms with Crippen molar-refractivity contribution >= 4 is 34.0 Å². The molecule has 0 unspecified atom stereocenters. The number of benzene rings is 2. The lowest BCUT2D eigenvalue weighted by Gasteiger charge is -2.55. The molecule has 2 aromatic rings. The minimum absolute atomic E-state index is 0.0600. The van der Waals surface area contributed by atoms with E-state index < -0.39 is 0 Å². The number of rotatable bonds is 2. The molecule has 0 saturated heterocycles. The van der Waals surface area contributed by atoms with Crippen molar-refractivity contribution in [3.05, 3.63) is 35.9 Å². The van der Waals surface area contributed by atoms with Crippen LogP contribution >= 0.6 is 0 Å². The summed E-state index contributed by atoms with van der Waals surface area (Å²) in [5.74, 6) is 2.40. The Morgan fingerprint density at radius 2 is 1.69 bits per heavy atom. The largest absolute Gasteiger partial charge is 0.325 e. The standard InChI is InChI=1S/C22H22N2O2/c25-20-16-3-1-2-15-17(4-5-18(23-20)19(15)16)24-21(26)22-9-12-6-13(10-22)8-14(7-12)11-22/h1-5,12-14H,6-11H2,(H,23,25)(H,24,26). The number of hydrogen-bond donors (Lipinski definition) is 2. The van der Waals surface area contributed by atoms with Crippen LogP contribution in [-0.2, 0) is 4.79 Å². The van der Waals surface area contributed by atoms with E-state index in [2.05, 4.69) is 10.6 Å². The van der Waals surface area contributed by atoms with Gasteiger partial charge in [-0.25, -0.2) is 0 Å². The zero-order valence-electron chi connectivity index (χ0n) is 14.7. The third kappa shape index (κ3) is 1.90. The number of amides is 2. The minimum atomic E-state index is -0.161. The molecule has 0 spiro atoms. The van der Waals surface area contributed by atoms with Gasteiger partial charge in [0, 0.05) is 27.7 Å². The summed E-state index contributed by atoms with van der Waals surface area (Å²) in [6, 6.07) is 9.58. The van der Waals surface area contributed by atoms with Crippen molar-refractivity contribution in [2.75, 3.05) is 10.6 Å². The van der Waals surface area contributed by atoms with Gasteiger partial charge in [-0.05, 0) is 74.5 Å². The van der Waals surface area contributed by atoms with Crippen LogP contribution in [0.25, 0.3) is 10.8 Å². The maximum atomic E-state index is 13.4. The molecule has 2 amide bonds. The third-order valence-corrected chi connectivity index (χ3v) is 7.30. The number of carbonyl (C=O) groups is 2. The van der Waals surface area contributed by atoms with Gasteiger partial charge in [0.2, 0.25) is 5.91 Å². The first-order valence-corrected chi connectivity index (χ1v) is 9.80. The lowest BCUT2D eigenvalue weighted by Crippen LogP contribution is -2.51. The molecule has 4 heteroatoms. The molecule has 1 heterocycles. The van der Waals surface area contributed by atoms with E-state index >= 15 is 0 Å². The second-order valence-electron chi connectivity index (χ2n) is 8.99. The summed E-state index contributed by atoms with van der Waals surface area (Å²) in [5.41, 5.74) is 2.21. The lowest BCUT2D eigenvalue weighted by molar-refractivity contribution is -0.140. The summed E-state index contributed by atoms with van der Waals surface area (Å²) >= 11 is 0. The van der Waals surface area contributed by atoms with Gasteiger partial charge < -0.3 is 10.6 Å². The summed E-state index contributed by atoms with van der Waals surface area (Å²) in [7, 11) is 0. The highest BCUT2D eigenvalue weighted by molar-refractivity contribution is 6.26. The highest BCUT2D eigenvalue weighted by Gasteiger charge is 2.54. The van der Waals surface area contributed by atoms with Gasteiger partial charge in [-0.15, -0.1) is 0 Å². The molecule has 4 aliphatic carbocycles. The first-order chi connectivity index (χ1) is 12.6. The molecule has 1 aliphatic heterocycles. The van der Waals surface area contributed by atoms with E-state index in [-0.39, 0.29) is 17.2 Å². The number of carbonyl (C=O) groups excluding carboxylic acids is 2. The predicted octanol–water partition coefficient (Wildman–Crippen LogP) is 4.56. The van der Waals surface area contributed by atoms with Crippen LogP contribution in [0.1, 0.15) is 48.9 Å². The van der Waals surface area contributed by atoms with E-state index in [0.29, 0.717) is 5.56 Å². The molecular formula is C22H22N2O2. The monoisotopic (exact) mass is 346 g/mol. The molecule has 0 atom stereocenters. The van der Waals surface area contributed by atoms with Crippen LogP contribution in [0.5, 0.6) is 0 Å². The average molecular weight is 346 g/mol. The molecule has 0 aromatic heterocycles. The van der Waals surface area contributed by atoms with Crippen LogP contribution in [0.4, 0.5) is 11.4 Å². The molecule has 4 nitrogen and oxygen atoms in total. The fourth-order valence-electron chi connectivity index (χ4n) is 6.64. The first-order valence-electron chi connectivity index (χ1n) is 9.80. The Kier molecular flexibility index (Phi) is 2.77. The summed E-state index contributed by atoms with van der Waals surface area (Å²) in [6.45, 7) is 0. The maximum Gasteiger partial charge on any atom is 0.256 e. The molecule has 7 rings (SSSR count). The molecule has 132 valence electrons. The van der Waals surface area contributed by atoms with E-state index in [1.807, 2.05) is 30.3 Å². The van der Waals surface area contributed by atoms with Crippen molar-refractivity contribution < 1.29 is 9.59 Å². The summed E-state index contributed by atoms with van der Waals surface area (Å²) in [5, 5.41) is 8.06. The van der Waals surface area contributed by atoms with E-state index in [1.54, 1.807) is 0 Å². The minimum Gasteiger partial charge on any atom is -0.325 e. The first kappa shape index (κ1) is 14.8. The van der Waals surface area contributed by atoms with Crippen LogP contribution < -0.4 is 10.6 Å². The third-order valence-electron chi connectivity index (χ3n) is 7.30. The topological polar surface area (TPSA) is 58.2 Å². The Balaban J connectivity index is 1.38. The normalized spacial score (nSPS) is 33.5. The molecule has 4 bridgehead atoms. The Bertz CT molecular complexity index is 942. The van der Waals surface area contributed by atoms with E-state index in [1.165, 1.54) is 19.3 Å². The van der Waals surface area contributed by atoms with Crippen LogP contribution in [0, 0.1) is 23.2 Å². The van der Waals surface area contributed by atoms with Crippen molar-refractivity contribution in [3.8, 4) is 0 Å². The maximum absolute atomic E-state index is 13.4. The van der Waals surface area contributed by atoms with Gasteiger partial charge in [0.05, 0.1) is 5.41 Å². The molecule has 4 fully saturated rings. The van der Waals surface area contributed by atoms with Gasteiger partial charge in [-0.2, -0.15) is 0 Å². The van der Waals surface area contributed by atoms with Gasteiger partial charge in [0.25, 0.3) is 5.91 Å². The summed E-state index contributed by atoms with van der Waals surface area (Å²) in [4.78, 5) is 25.5. The van der Waals surface area contributed by atoms with Crippen LogP contribution in [0.15, 0.2) is 30.3 Å². The fourth-order valence-corrected chi connectivity index (χ4v) is 6.64. The second kappa shape index (κ2) is 4.87. The van der Waals surface area contributed by atoms with Gasteiger partial charge in [0.15, 0.2) is 0 Å². The number of hydrogen-bond acceptors (Lipinski definition) is 2. The molecule has 2 aromatic carbocycles. The number of anilines is 2. The zero-order valence-corrected chi connectivity index (χ0v) is 14.7. The Morgan fingerprint density at radius 3 is 2.38 bits per heavy atom. The highest BCUT2D eigenvalue weighted by Crippen LogP contribution is 2.60. The quantitative estimate of drug-likeness (QED) is 0.837. The molecule has 4 saturated carbocycles. The van der Waals surface area contributed by atoms with E-state index in [0.717, 1.165) is 59.2 Å². The van der Waals surface area contributed by atoms with Crippen molar-refractivity contribution in [1.29, 1.82) is 0 Å². The van der Waals surface area contributed by atoms with Crippen molar-refractivity contribution in [2.45, 2.75) is 38.5 Å². The van der Waals surface area contributed by atoms with Gasteiger partial charge in [0.1, 0.15) is 0 Å². The Hall–Kier alpha value is -2.36. The van der Waals surface area contributed by atoms with Gasteiger partial charge in [-0.3, -0.25) is 9.59 Å². The molecular weight excluding hydrogens is 324 g/mol. The van der Waals surface area contributed by atoms with Gasteiger partial charge in [-0.1, -0.05) is 12.1 Å². The highest BCUT2D eigenvalue weighted by atomic mass is 16.2. The molecule has 0 radical (unpaired) electrons. The van der Waals surface area contributed by atoms with Crippen LogP contribution in [-0.4, -0.2) is 11.8 Å². The molecule has 2 N–H and O–H groups in total. The van der Waals surface area contributed by atoms with Crippen molar-refractivity contribution in [3.63, 3.8) is 0 Å². The smallest absolute Gasteiger partial charge is 0.256 e. The average Bonchev–Trinajstić information content (AvgIpc) is 2.94. The summed E-state index contributed by atoms with van der Waals surface area (Å²) < 4.78 is 0. The molecule has 5 aliphatic rings. The zero-order chi connectivity index (χ0) is 17.5. The number of nitrogens with one attached hydrogen (secondary N) is 2. The van der Waals surface area contributed by atoms with Crippen molar-refractivity contribution in [1.82, 2.24) is 0 Å². The van der Waals surface area contributed by atoms with Gasteiger partial charge >= 0.3 is 0 Å².